The highest BCUT2D eigenvalue weighted by Crippen LogP contribution is 2.24. The van der Waals surface area contributed by atoms with Gasteiger partial charge < -0.3 is 10.2 Å². The fourth-order valence-corrected chi connectivity index (χ4v) is 3.38. The normalized spacial score (nSPS) is 15.2. The van der Waals surface area contributed by atoms with Gasteiger partial charge >= 0.3 is 0 Å². The summed E-state index contributed by atoms with van der Waals surface area (Å²) in [4.78, 5) is 26.6. The molecule has 1 heterocycles. The number of amides is 2. The Morgan fingerprint density at radius 3 is 2.35 bits per heavy atom. The number of benzene rings is 2. The Bertz CT molecular complexity index is 797. The lowest BCUT2D eigenvalue weighted by molar-refractivity contribution is -0.130. The van der Waals surface area contributed by atoms with Crippen LogP contribution in [0.25, 0.3) is 6.08 Å². The molecule has 2 amide bonds. The molecule has 1 fully saturated rings. The third-order valence-corrected chi connectivity index (χ3v) is 5.22. The summed E-state index contributed by atoms with van der Waals surface area (Å²) >= 11 is 3.44. The molecule has 0 unspecified atom stereocenters. The second-order valence-electron chi connectivity index (χ2n) is 6.31. The van der Waals surface area contributed by atoms with E-state index in [2.05, 4.69) is 21.2 Å². The Labute approximate surface area is 162 Å². The minimum atomic E-state index is -0.0655. The molecule has 26 heavy (non-hydrogen) atoms. The highest BCUT2D eigenvalue weighted by molar-refractivity contribution is 9.10. The molecule has 1 N–H and O–H groups in total. The molecule has 1 aliphatic heterocycles. The molecule has 0 aromatic heterocycles. The number of nitrogens with zero attached hydrogens (tertiary/aromatic N) is 1. The number of para-hydroxylation sites is 1. The molecule has 134 valence electrons. The minimum absolute atomic E-state index is 0.00137. The van der Waals surface area contributed by atoms with Crippen molar-refractivity contribution in [3.63, 3.8) is 0 Å². The summed E-state index contributed by atoms with van der Waals surface area (Å²) in [7, 11) is 0. The molecular formula is C21H21BrN2O2. The molecule has 2 aromatic rings. The van der Waals surface area contributed by atoms with Gasteiger partial charge in [-0.3, -0.25) is 9.59 Å². The second kappa shape index (κ2) is 8.81. The van der Waals surface area contributed by atoms with Crippen molar-refractivity contribution in [2.75, 3.05) is 18.4 Å². The van der Waals surface area contributed by atoms with E-state index in [4.69, 9.17) is 0 Å². The molecule has 2 aromatic carbocycles. The van der Waals surface area contributed by atoms with Crippen LogP contribution in [0.2, 0.25) is 0 Å². The standard InChI is InChI=1S/C21H21BrN2O2/c22-18-8-4-5-9-19(18)23-21(26)17-12-14-24(15-13-17)20(25)11-10-16-6-2-1-3-7-16/h1-11,17H,12-15H2,(H,23,26)/b11-10+. The summed E-state index contributed by atoms with van der Waals surface area (Å²) in [5.74, 6) is -0.0494. The van der Waals surface area contributed by atoms with Crippen LogP contribution in [0.3, 0.4) is 0 Å². The van der Waals surface area contributed by atoms with Gasteiger partial charge in [0.05, 0.1) is 5.69 Å². The van der Waals surface area contributed by atoms with Crippen LogP contribution >= 0.6 is 15.9 Å². The number of carbonyl (C=O) groups excluding carboxylic acids is 2. The van der Waals surface area contributed by atoms with E-state index >= 15 is 0 Å². The first kappa shape index (κ1) is 18.4. The summed E-state index contributed by atoms with van der Waals surface area (Å²) in [6.45, 7) is 1.21. The third kappa shape index (κ3) is 4.82. The van der Waals surface area contributed by atoms with Crippen LogP contribution in [0.5, 0.6) is 0 Å². The van der Waals surface area contributed by atoms with Crippen molar-refractivity contribution in [1.82, 2.24) is 4.90 Å². The molecule has 0 atom stereocenters. The zero-order chi connectivity index (χ0) is 18.4. The molecule has 0 radical (unpaired) electrons. The summed E-state index contributed by atoms with van der Waals surface area (Å²) in [5.41, 5.74) is 1.78. The van der Waals surface area contributed by atoms with Crippen LogP contribution in [0.15, 0.2) is 65.1 Å². The molecule has 3 rings (SSSR count). The predicted octanol–water partition coefficient (Wildman–Crippen LogP) is 4.34. The Morgan fingerprint density at radius 1 is 1.00 bits per heavy atom. The van der Waals surface area contributed by atoms with Crippen LogP contribution in [0.1, 0.15) is 18.4 Å². The zero-order valence-corrected chi connectivity index (χ0v) is 16.0. The van der Waals surface area contributed by atoms with E-state index in [1.165, 1.54) is 0 Å². The molecule has 1 saturated heterocycles. The van der Waals surface area contributed by atoms with Gasteiger partial charge in [-0.15, -0.1) is 0 Å². The maximum Gasteiger partial charge on any atom is 0.246 e. The summed E-state index contributed by atoms with van der Waals surface area (Å²) in [6, 6.07) is 17.3. The van der Waals surface area contributed by atoms with E-state index in [9.17, 15) is 9.59 Å². The largest absolute Gasteiger partial charge is 0.339 e. The first-order chi connectivity index (χ1) is 12.6. The van der Waals surface area contributed by atoms with Crippen LogP contribution in [0.4, 0.5) is 5.69 Å². The average Bonchev–Trinajstić information content (AvgIpc) is 2.69. The topological polar surface area (TPSA) is 49.4 Å². The van der Waals surface area contributed by atoms with Crippen molar-refractivity contribution >= 4 is 39.5 Å². The Hall–Kier alpha value is -2.40. The van der Waals surface area contributed by atoms with E-state index in [-0.39, 0.29) is 17.7 Å². The quantitative estimate of drug-likeness (QED) is 0.759. The Kier molecular flexibility index (Phi) is 6.23. The average molecular weight is 413 g/mol. The number of carbonyl (C=O) groups is 2. The van der Waals surface area contributed by atoms with Gasteiger partial charge in [-0.25, -0.2) is 0 Å². The molecule has 0 aliphatic carbocycles. The lowest BCUT2D eigenvalue weighted by Crippen LogP contribution is -2.40. The highest BCUT2D eigenvalue weighted by Gasteiger charge is 2.26. The number of nitrogens with one attached hydrogen (secondary N) is 1. The number of anilines is 1. The van der Waals surface area contributed by atoms with Crippen LogP contribution < -0.4 is 5.32 Å². The van der Waals surface area contributed by atoms with Crippen molar-refractivity contribution in [3.8, 4) is 0 Å². The van der Waals surface area contributed by atoms with Gasteiger partial charge in [0.2, 0.25) is 11.8 Å². The monoisotopic (exact) mass is 412 g/mol. The van der Waals surface area contributed by atoms with Crippen LogP contribution in [-0.4, -0.2) is 29.8 Å². The third-order valence-electron chi connectivity index (χ3n) is 4.53. The number of halogens is 1. The van der Waals surface area contributed by atoms with Crippen LogP contribution in [0, 0.1) is 5.92 Å². The first-order valence-electron chi connectivity index (χ1n) is 8.71. The van der Waals surface area contributed by atoms with Crippen molar-refractivity contribution in [1.29, 1.82) is 0 Å². The molecule has 0 spiro atoms. The molecular weight excluding hydrogens is 392 g/mol. The fourth-order valence-electron chi connectivity index (χ4n) is 3.00. The number of hydrogen-bond donors (Lipinski definition) is 1. The van der Waals surface area contributed by atoms with Crippen molar-refractivity contribution < 1.29 is 9.59 Å². The van der Waals surface area contributed by atoms with E-state index in [0.29, 0.717) is 25.9 Å². The number of piperidine rings is 1. The summed E-state index contributed by atoms with van der Waals surface area (Å²) in [6.07, 6.45) is 4.80. The molecule has 1 aliphatic rings. The van der Waals surface area contributed by atoms with Crippen molar-refractivity contribution in [2.24, 2.45) is 5.92 Å². The highest BCUT2D eigenvalue weighted by atomic mass is 79.9. The van der Waals surface area contributed by atoms with Gasteiger partial charge in [0, 0.05) is 29.6 Å². The second-order valence-corrected chi connectivity index (χ2v) is 7.17. The van der Waals surface area contributed by atoms with E-state index in [0.717, 1.165) is 15.7 Å². The Balaban J connectivity index is 1.50. The fraction of sp³-hybridized carbons (Fsp3) is 0.238. The lowest BCUT2D eigenvalue weighted by atomic mass is 9.95. The SMILES string of the molecule is O=C(Nc1ccccc1Br)C1CCN(C(=O)/C=C/c2ccccc2)CC1. The van der Waals surface area contributed by atoms with Gasteiger partial charge in [-0.1, -0.05) is 42.5 Å². The smallest absolute Gasteiger partial charge is 0.246 e. The number of rotatable bonds is 4. The maximum atomic E-state index is 12.5. The minimum Gasteiger partial charge on any atom is -0.339 e. The van der Waals surface area contributed by atoms with Crippen molar-refractivity contribution in [3.05, 3.63) is 70.7 Å². The van der Waals surface area contributed by atoms with Crippen molar-refractivity contribution in [2.45, 2.75) is 12.8 Å². The summed E-state index contributed by atoms with van der Waals surface area (Å²) in [5, 5.41) is 2.97. The van der Waals surface area contributed by atoms with Gasteiger partial charge in [0.1, 0.15) is 0 Å². The molecule has 0 bridgehead atoms. The number of likely N-dealkylation sites (tertiary alicyclic amines) is 1. The zero-order valence-electron chi connectivity index (χ0n) is 14.4. The van der Waals surface area contributed by atoms with Gasteiger partial charge in [0.15, 0.2) is 0 Å². The summed E-state index contributed by atoms with van der Waals surface area (Å²) < 4.78 is 0.868. The lowest BCUT2D eigenvalue weighted by Gasteiger charge is -2.30. The molecule has 5 heteroatoms. The van der Waals surface area contributed by atoms with Crippen LogP contribution in [-0.2, 0) is 9.59 Å². The predicted molar refractivity (Wildman–Crippen MR) is 108 cm³/mol. The van der Waals surface area contributed by atoms with Gasteiger partial charge in [0.25, 0.3) is 0 Å². The maximum absolute atomic E-state index is 12.5. The van der Waals surface area contributed by atoms with E-state index in [1.54, 1.807) is 6.08 Å². The Morgan fingerprint density at radius 2 is 1.65 bits per heavy atom. The van der Waals surface area contributed by atoms with E-state index in [1.807, 2.05) is 65.6 Å². The molecule has 4 nitrogen and oxygen atoms in total. The molecule has 0 saturated carbocycles. The van der Waals surface area contributed by atoms with Gasteiger partial charge in [-0.05, 0) is 52.5 Å². The van der Waals surface area contributed by atoms with Gasteiger partial charge in [-0.2, -0.15) is 0 Å². The first-order valence-corrected chi connectivity index (χ1v) is 9.50. The number of hydrogen-bond acceptors (Lipinski definition) is 2. The van der Waals surface area contributed by atoms with E-state index < -0.39 is 0 Å².